The number of carbonyl (C=O) groups is 2. The number of hydrogen-bond acceptors (Lipinski definition) is 2. The molecule has 2 aromatic rings. The summed E-state index contributed by atoms with van der Waals surface area (Å²) in [6.45, 7) is 0. The summed E-state index contributed by atoms with van der Waals surface area (Å²) >= 11 is 6.20. The Balaban J connectivity index is 1.69. The van der Waals surface area contributed by atoms with Crippen LogP contribution in [0.5, 0.6) is 0 Å². The van der Waals surface area contributed by atoms with Crippen molar-refractivity contribution in [2.24, 2.45) is 5.41 Å². The summed E-state index contributed by atoms with van der Waals surface area (Å²) in [6, 6.07) is 15.8. The summed E-state index contributed by atoms with van der Waals surface area (Å²) in [4.78, 5) is 24.3. The maximum Gasteiger partial charge on any atom is 0.326 e. The monoisotopic (exact) mass is 357 g/mol. The first-order valence-electron chi connectivity index (χ1n) is 8.31. The summed E-state index contributed by atoms with van der Waals surface area (Å²) in [7, 11) is 0. The van der Waals surface area contributed by atoms with Crippen molar-refractivity contribution < 1.29 is 14.7 Å². The molecule has 1 saturated carbocycles. The van der Waals surface area contributed by atoms with Gasteiger partial charge >= 0.3 is 5.97 Å². The minimum absolute atomic E-state index is 0.198. The molecule has 3 rings (SSSR count). The molecule has 0 aromatic heterocycles. The Hall–Kier alpha value is -2.33. The van der Waals surface area contributed by atoms with Gasteiger partial charge in [0.1, 0.15) is 6.04 Å². The third-order valence-electron chi connectivity index (χ3n) is 4.71. The molecule has 1 amide bonds. The van der Waals surface area contributed by atoms with E-state index < -0.39 is 17.4 Å². The second-order valence-corrected chi connectivity index (χ2v) is 7.01. The maximum atomic E-state index is 12.7. The van der Waals surface area contributed by atoms with E-state index in [9.17, 15) is 14.7 Å². The van der Waals surface area contributed by atoms with Crippen molar-refractivity contribution in [3.05, 3.63) is 70.7 Å². The molecule has 5 heteroatoms. The third-order valence-corrected chi connectivity index (χ3v) is 5.08. The lowest BCUT2D eigenvalue weighted by atomic mass is 9.94. The Labute approximate surface area is 151 Å². The van der Waals surface area contributed by atoms with Gasteiger partial charge in [0.25, 0.3) is 0 Å². The highest BCUT2D eigenvalue weighted by Crippen LogP contribution is 2.49. The molecule has 1 aliphatic carbocycles. The smallest absolute Gasteiger partial charge is 0.326 e. The molecule has 0 radical (unpaired) electrons. The number of halogens is 1. The van der Waals surface area contributed by atoms with Gasteiger partial charge in [-0.05, 0) is 36.5 Å². The lowest BCUT2D eigenvalue weighted by molar-refractivity contribution is -0.142. The largest absolute Gasteiger partial charge is 0.480 e. The van der Waals surface area contributed by atoms with Gasteiger partial charge in [0, 0.05) is 11.4 Å². The molecule has 0 aliphatic heterocycles. The summed E-state index contributed by atoms with van der Waals surface area (Å²) in [5.74, 6) is -1.22. The van der Waals surface area contributed by atoms with Crippen molar-refractivity contribution in [1.82, 2.24) is 5.32 Å². The number of nitrogens with one attached hydrogen (secondary N) is 1. The van der Waals surface area contributed by atoms with E-state index >= 15 is 0 Å². The van der Waals surface area contributed by atoms with Gasteiger partial charge in [-0.15, -0.1) is 0 Å². The van der Waals surface area contributed by atoms with Crippen LogP contribution in [0.1, 0.15) is 24.0 Å². The molecule has 1 atom stereocenters. The van der Waals surface area contributed by atoms with Gasteiger partial charge in [-0.25, -0.2) is 4.79 Å². The van der Waals surface area contributed by atoms with E-state index in [4.69, 9.17) is 11.6 Å². The van der Waals surface area contributed by atoms with Crippen LogP contribution in [0.4, 0.5) is 0 Å². The van der Waals surface area contributed by atoms with Gasteiger partial charge < -0.3 is 10.4 Å². The number of benzene rings is 2. The zero-order valence-electron chi connectivity index (χ0n) is 13.7. The number of carboxylic acid groups (broad SMARTS) is 1. The third kappa shape index (κ3) is 4.20. The fraction of sp³-hybridized carbons (Fsp3) is 0.300. The molecule has 4 nitrogen and oxygen atoms in total. The molecular formula is C20H20ClNO3. The van der Waals surface area contributed by atoms with Gasteiger partial charge in [0.2, 0.25) is 5.91 Å². The van der Waals surface area contributed by atoms with Crippen LogP contribution in [-0.2, 0) is 22.4 Å². The Bertz CT molecular complexity index is 772. The molecule has 130 valence electrons. The van der Waals surface area contributed by atoms with E-state index in [0.717, 1.165) is 24.0 Å². The van der Waals surface area contributed by atoms with E-state index in [1.807, 2.05) is 48.5 Å². The van der Waals surface area contributed by atoms with Crippen LogP contribution in [0.25, 0.3) is 0 Å². The van der Waals surface area contributed by atoms with E-state index in [2.05, 4.69) is 5.32 Å². The number of hydrogen-bond donors (Lipinski definition) is 2. The van der Waals surface area contributed by atoms with Crippen LogP contribution in [0, 0.1) is 5.41 Å². The molecule has 1 unspecified atom stereocenters. The van der Waals surface area contributed by atoms with Gasteiger partial charge in [-0.1, -0.05) is 60.1 Å². The van der Waals surface area contributed by atoms with Crippen LogP contribution in [0.15, 0.2) is 54.6 Å². The Kier molecular flexibility index (Phi) is 5.09. The van der Waals surface area contributed by atoms with Crippen LogP contribution in [-0.4, -0.2) is 23.0 Å². The number of carbonyl (C=O) groups excluding carboxylic acids is 1. The average molecular weight is 358 g/mol. The van der Waals surface area contributed by atoms with Crippen molar-refractivity contribution in [3.63, 3.8) is 0 Å². The minimum Gasteiger partial charge on any atom is -0.480 e. The number of aliphatic carboxylic acids is 1. The quantitative estimate of drug-likeness (QED) is 0.797. The standard InChI is InChI=1S/C20H20ClNO3/c21-16-9-5-4-8-15(16)13-20(10-11-20)19(25)22-17(18(23)24)12-14-6-2-1-3-7-14/h1-9,17H,10-13H2,(H,22,25)(H,23,24). The average Bonchev–Trinajstić information content (AvgIpc) is 3.38. The van der Waals surface area contributed by atoms with Gasteiger partial charge in [-0.3, -0.25) is 4.79 Å². The number of amides is 1. The normalized spacial score (nSPS) is 16.0. The first-order valence-corrected chi connectivity index (χ1v) is 8.69. The first-order chi connectivity index (χ1) is 12.0. The van der Waals surface area contributed by atoms with Crippen molar-refractivity contribution in [2.75, 3.05) is 0 Å². The second kappa shape index (κ2) is 7.28. The number of carboxylic acids is 1. The summed E-state index contributed by atoms with van der Waals surface area (Å²) in [5, 5.41) is 12.8. The molecule has 1 fully saturated rings. The van der Waals surface area contributed by atoms with Gasteiger partial charge in [-0.2, -0.15) is 0 Å². The van der Waals surface area contributed by atoms with Gasteiger partial charge in [0.15, 0.2) is 0 Å². The fourth-order valence-electron chi connectivity index (χ4n) is 3.00. The lowest BCUT2D eigenvalue weighted by Gasteiger charge is -2.20. The summed E-state index contributed by atoms with van der Waals surface area (Å²) in [6.07, 6.45) is 2.31. The van der Waals surface area contributed by atoms with Crippen LogP contribution >= 0.6 is 11.6 Å². The second-order valence-electron chi connectivity index (χ2n) is 6.60. The fourth-order valence-corrected chi connectivity index (χ4v) is 3.21. The van der Waals surface area contributed by atoms with Crippen molar-refractivity contribution in [3.8, 4) is 0 Å². The van der Waals surface area contributed by atoms with E-state index in [0.29, 0.717) is 11.4 Å². The highest BCUT2D eigenvalue weighted by molar-refractivity contribution is 6.31. The van der Waals surface area contributed by atoms with Crippen LogP contribution in [0.2, 0.25) is 5.02 Å². The molecule has 2 N–H and O–H groups in total. The molecule has 0 saturated heterocycles. The molecular weight excluding hydrogens is 338 g/mol. The predicted molar refractivity (Wildman–Crippen MR) is 96.5 cm³/mol. The van der Waals surface area contributed by atoms with Crippen molar-refractivity contribution >= 4 is 23.5 Å². The Morgan fingerprint density at radius 1 is 1.08 bits per heavy atom. The minimum atomic E-state index is -1.02. The number of rotatable bonds is 7. The van der Waals surface area contributed by atoms with Crippen LogP contribution < -0.4 is 5.32 Å². The molecule has 2 aromatic carbocycles. The molecule has 1 aliphatic rings. The summed E-state index contributed by atoms with van der Waals surface area (Å²) < 4.78 is 0. The van der Waals surface area contributed by atoms with Crippen molar-refractivity contribution in [2.45, 2.75) is 31.7 Å². The van der Waals surface area contributed by atoms with Crippen LogP contribution in [0.3, 0.4) is 0 Å². The molecule has 0 bridgehead atoms. The summed E-state index contributed by atoms with van der Waals surface area (Å²) in [5.41, 5.74) is 1.27. The Morgan fingerprint density at radius 2 is 1.72 bits per heavy atom. The zero-order chi connectivity index (χ0) is 17.9. The molecule has 0 heterocycles. The highest BCUT2D eigenvalue weighted by atomic mass is 35.5. The SMILES string of the molecule is O=C(O)C(Cc1ccccc1)NC(=O)C1(Cc2ccccc2Cl)CC1. The topological polar surface area (TPSA) is 66.4 Å². The van der Waals surface area contributed by atoms with E-state index in [-0.39, 0.29) is 12.3 Å². The zero-order valence-corrected chi connectivity index (χ0v) is 14.5. The highest BCUT2D eigenvalue weighted by Gasteiger charge is 2.50. The molecule has 25 heavy (non-hydrogen) atoms. The molecule has 0 spiro atoms. The lowest BCUT2D eigenvalue weighted by Crippen LogP contribution is -2.46. The Morgan fingerprint density at radius 3 is 2.32 bits per heavy atom. The van der Waals surface area contributed by atoms with E-state index in [1.165, 1.54) is 0 Å². The predicted octanol–water partition coefficient (Wildman–Crippen LogP) is 3.47. The van der Waals surface area contributed by atoms with E-state index in [1.54, 1.807) is 6.07 Å². The maximum absolute atomic E-state index is 12.7. The first kappa shape index (κ1) is 17.5. The van der Waals surface area contributed by atoms with Crippen molar-refractivity contribution in [1.29, 1.82) is 0 Å². The van der Waals surface area contributed by atoms with Gasteiger partial charge in [0.05, 0.1) is 5.41 Å².